The van der Waals surface area contributed by atoms with Gasteiger partial charge in [-0.05, 0) is 64.8 Å². The molecule has 216 valence electrons. The third-order valence-corrected chi connectivity index (χ3v) is 12.9. The predicted octanol–water partition coefficient (Wildman–Crippen LogP) is 7.51. The third kappa shape index (κ3) is 4.82. The summed E-state index contributed by atoms with van der Waals surface area (Å²) in [6.07, 6.45) is 0. The second kappa shape index (κ2) is 11.8. The van der Waals surface area contributed by atoms with Crippen molar-refractivity contribution in [2.24, 2.45) is 0 Å². The summed E-state index contributed by atoms with van der Waals surface area (Å²) in [5, 5.41) is 4.07. The molecule has 0 heterocycles. The molecule has 0 aromatic heterocycles. The van der Waals surface area contributed by atoms with Crippen LogP contribution in [0.1, 0.15) is 47.8 Å². The Morgan fingerprint density at radius 1 is 0.444 bits per heavy atom. The van der Waals surface area contributed by atoms with Crippen molar-refractivity contribution in [1.82, 2.24) is 0 Å². The second-order valence-corrected chi connectivity index (χ2v) is 14.6. The van der Waals surface area contributed by atoms with Crippen molar-refractivity contribution in [3.8, 4) is 0 Å². The van der Waals surface area contributed by atoms with Crippen molar-refractivity contribution in [2.45, 2.75) is 0 Å². The second-order valence-electron chi connectivity index (χ2n) is 10.8. The standard InChI is InChI=1S/C40H26ClO3P/c41-29-23-20-27(21-24-29)37(42)40(28-22-25-35-36(26-28)39(44)34-19-11-10-18-33(34)38(35)43)45(30-12-4-1-5-13-30,31-14-6-2-7-15-31)32-16-8-3-9-17-32/h1-26H. The average molecular weight is 621 g/mol. The van der Waals surface area contributed by atoms with Gasteiger partial charge in [-0.1, -0.05) is 133 Å². The first-order chi connectivity index (χ1) is 22.0. The van der Waals surface area contributed by atoms with Gasteiger partial charge in [0.1, 0.15) is 0 Å². The first kappa shape index (κ1) is 28.7. The van der Waals surface area contributed by atoms with Crippen molar-refractivity contribution in [2.75, 3.05) is 0 Å². The Morgan fingerprint density at radius 2 is 0.844 bits per heavy atom. The number of hydrogen-bond donors (Lipinski definition) is 0. The van der Waals surface area contributed by atoms with Crippen LogP contribution < -0.4 is 15.9 Å². The average Bonchev–Trinajstić information content (AvgIpc) is 3.10. The molecule has 6 aromatic carbocycles. The summed E-state index contributed by atoms with van der Waals surface area (Å²) in [7, 11) is 0. The minimum atomic E-state index is -2.92. The van der Waals surface area contributed by atoms with Gasteiger partial charge in [0.15, 0.2) is 17.3 Å². The van der Waals surface area contributed by atoms with Crippen LogP contribution in [-0.4, -0.2) is 22.6 Å². The van der Waals surface area contributed by atoms with E-state index in [0.29, 0.717) is 43.7 Å². The van der Waals surface area contributed by atoms with Crippen LogP contribution >= 0.6 is 18.5 Å². The van der Waals surface area contributed by atoms with Crippen LogP contribution in [0.4, 0.5) is 0 Å². The molecule has 0 saturated heterocycles. The summed E-state index contributed by atoms with van der Waals surface area (Å²) in [5.41, 5.74) is 2.47. The molecule has 0 unspecified atom stereocenters. The zero-order valence-corrected chi connectivity index (χ0v) is 25.7. The molecule has 1 aliphatic carbocycles. The molecular formula is C40H26ClO3P. The summed E-state index contributed by atoms with van der Waals surface area (Å²) in [4.78, 5) is 42.6. The van der Waals surface area contributed by atoms with Crippen LogP contribution in [0.25, 0.3) is 0 Å². The lowest BCUT2D eigenvalue weighted by atomic mass is 9.83. The lowest BCUT2D eigenvalue weighted by molar-refractivity contribution is 0.0979. The number of carbonyl (C=O) groups excluding carboxylic acids is 3. The molecule has 5 heteroatoms. The molecule has 3 nitrogen and oxygen atoms in total. The Labute approximate surface area is 266 Å². The fraction of sp³-hybridized carbons (Fsp3) is 0. The normalized spacial score (nSPS) is 12.3. The van der Waals surface area contributed by atoms with Crippen LogP contribution in [0.5, 0.6) is 0 Å². The van der Waals surface area contributed by atoms with Gasteiger partial charge in [0.2, 0.25) is 0 Å². The maximum absolute atomic E-state index is 15.1. The van der Waals surface area contributed by atoms with E-state index >= 15 is 4.79 Å². The highest BCUT2D eigenvalue weighted by molar-refractivity contribution is 7.97. The highest BCUT2D eigenvalue weighted by Crippen LogP contribution is 2.48. The lowest BCUT2D eigenvalue weighted by Crippen LogP contribution is -2.34. The van der Waals surface area contributed by atoms with Gasteiger partial charge in [0.05, 0.1) is 0 Å². The molecule has 0 spiro atoms. The zero-order valence-electron chi connectivity index (χ0n) is 24.1. The molecule has 6 aromatic rings. The Morgan fingerprint density at radius 3 is 1.33 bits per heavy atom. The molecule has 0 amide bonds. The van der Waals surface area contributed by atoms with Crippen LogP contribution in [-0.2, 0) is 0 Å². The molecule has 0 atom stereocenters. The van der Waals surface area contributed by atoms with Crippen molar-refractivity contribution in [3.05, 3.63) is 196 Å². The SMILES string of the molecule is O=C(C(c1ccc2c(c1)C(=O)c1ccccc1C2=O)=P(c1ccccc1)(c1ccccc1)c1ccccc1)c1ccc(Cl)cc1. The van der Waals surface area contributed by atoms with Gasteiger partial charge in [-0.25, -0.2) is 0 Å². The zero-order chi connectivity index (χ0) is 31.0. The minimum absolute atomic E-state index is 0.175. The van der Waals surface area contributed by atoms with E-state index in [2.05, 4.69) is 36.4 Å². The van der Waals surface area contributed by atoms with E-state index in [9.17, 15) is 9.59 Å². The molecule has 0 radical (unpaired) electrons. The van der Waals surface area contributed by atoms with E-state index < -0.39 is 6.89 Å². The van der Waals surface area contributed by atoms with Gasteiger partial charge in [-0.3, -0.25) is 14.4 Å². The van der Waals surface area contributed by atoms with E-state index in [0.717, 1.165) is 15.9 Å². The number of rotatable bonds is 6. The smallest absolute Gasteiger partial charge is 0.194 e. The van der Waals surface area contributed by atoms with Crippen molar-refractivity contribution < 1.29 is 14.4 Å². The monoisotopic (exact) mass is 620 g/mol. The van der Waals surface area contributed by atoms with Gasteiger partial charge in [0, 0.05) is 38.1 Å². The maximum atomic E-state index is 15.1. The first-order valence-electron chi connectivity index (χ1n) is 14.6. The molecule has 1 aliphatic rings. The largest absolute Gasteiger partial charge is 0.289 e. The summed E-state index contributed by atoms with van der Waals surface area (Å²) >= 11 is 6.26. The highest BCUT2D eigenvalue weighted by atomic mass is 35.5. The quantitative estimate of drug-likeness (QED) is 0.143. The van der Waals surface area contributed by atoms with E-state index in [1.165, 1.54) is 0 Å². The number of carbonyl (C=O) groups is 3. The van der Waals surface area contributed by atoms with Crippen molar-refractivity contribution in [3.63, 3.8) is 0 Å². The van der Waals surface area contributed by atoms with Crippen LogP contribution in [0.15, 0.2) is 158 Å². The summed E-state index contributed by atoms with van der Waals surface area (Å²) in [6, 6.07) is 49.4. The van der Waals surface area contributed by atoms with Crippen molar-refractivity contribution in [1.29, 1.82) is 0 Å². The van der Waals surface area contributed by atoms with Gasteiger partial charge in [-0.2, -0.15) is 0 Å². The Kier molecular flexibility index (Phi) is 7.51. The first-order valence-corrected chi connectivity index (χ1v) is 16.7. The third-order valence-electron chi connectivity index (χ3n) is 8.29. The molecular weight excluding hydrogens is 595 g/mol. The number of halogens is 1. The van der Waals surface area contributed by atoms with E-state index in [4.69, 9.17) is 11.6 Å². The molecule has 0 saturated carbocycles. The molecule has 0 fully saturated rings. The van der Waals surface area contributed by atoms with Gasteiger partial charge in [-0.15, -0.1) is 0 Å². The van der Waals surface area contributed by atoms with Crippen molar-refractivity contribution >= 4 is 57.0 Å². The van der Waals surface area contributed by atoms with Gasteiger partial charge >= 0.3 is 0 Å². The van der Waals surface area contributed by atoms with Gasteiger partial charge in [0.25, 0.3) is 0 Å². The van der Waals surface area contributed by atoms with Gasteiger partial charge < -0.3 is 0 Å². The molecule has 0 N–H and O–H groups in total. The van der Waals surface area contributed by atoms with E-state index in [-0.39, 0.29) is 17.3 Å². The van der Waals surface area contributed by atoms with Crippen LogP contribution in [0, 0.1) is 0 Å². The predicted molar refractivity (Wildman–Crippen MR) is 185 cm³/mol. The molecule has 0 aliphatic heterocycles. The van der Waals surface area contributed by atoms with E-state index in [1.54, 1.807) is 60.7 Å². The number of fused-ring (bicyclic) bond motifs is 2. The summed E-state index contributed by atoms with van der Waals surface area (Å²) < 4.78 is 0. The number of benzene rings is 6. The number of ketones is 3. The topological polar surface area (TPSA) is 51.2 Å². The summed E-state index contributed by atoms with van der Waals surface area (Å²) in [5.74, 6) is -0.609. The molecule has 0 bridgehead atoms. The highest BCUT2D eigenvalue weighted by Gasteiger charge is 2.36. The Bertz CT molecular complexity index is 2050. The number of Topliss-reactive ketones (excluding diaryl/α,β-unsaturated/α-hetero) is 1. The summed E-state index contributed by atoms with van der Waals surface area (Å²) in [6.45, 7) is -2.92. The Balaban J connectivity index is 1.66. The fourth-order valence-corrected chi connectivity index (χ4v) is 10.9. The minimum Gasteiger partial charge on any atom is -0.289 e. The molecule has 45 heavy (non-hydrogen) atoms. The van der Waals surface area contributed by atoms with Crippen LogP contribution in [0.2, 0.25) is 5.02 Å². The lowest BCUT2D eigenvalue weighted by Gasteiger charge is -2.33. The molecule has 7 rings (SSSR count). The fourth-order valence-electron chi connectivity index (χ4n) is 6.25. The van der Waals surface area contributed by atoms with Crippen LogP contribution in [0.3, 0.4) is 0 Å². The number of hydrogen-bond acceptors (Lipinski definition) is 3. The van der Waals surface area contributed by atoms with E-state index in [1.807, 2.05) is 60.7 Å². The Hall–Kier alpha value is -5.08. The maximum Gasteiger partial charge on any atom is 0.194 e.